The molecule has 0 amide bonds. The minimum absolute atomic E-state index is 0.713. The SMILES string of the molecule is c1ccc(-c2cccc(-n3c4ccccc4c4ccc(-c5ccc(-c6ccc(-c7cc(-c8ccccc8)nc(-c8ccccc8)n7)c7ccccc67)cc5)cc43)c2)cc1. The average Bonchev–Trinajstić information content (AvgIpc) is 3.66. The number of hydrogen-bond acceptors (Lipinski definition) is 2. The van der Waals surface area contributed by atoms with Crippen LogP contribution in [0.4, 0.5) is 0 Å². The van der Waals surface area contributed by atoms with Crippen LogP contribution in [-0.2, 0) is 0 Å². The topological polar surface area (TPSA) is 30.7 Å². The van der Waals surface area contributed by atoms with E-state index in [2.05, 4.69) is 205 Å². The molecule has 0 aliphatic rings. The Labute approximate surface area is 343 Å². The first kappa shape index (κ1) is 34.4. The van der Waals surface area contributed by atoms with Gasteiger partial charge in [-0.05, 0) is 74.5 Å². The maximum Gasteiger partial charge on any atom is 0.160 e. The Hall–Kier alpha value is -7.88. The van der Waals surface area contributed by atoms with E-state index in [1.54, 1.807) is 0 Å². The molecule has 0 saturated heterocycles. The van der Waals surface area contributed by atoms with Crippen molar-refractivity contribution in [3.05, 3.63) is 224 Å². The van der Waals surface area contributed by atoms with E-state index in [4.69, 9.17) is 9.97 Å². The third-order valence-corrected chi connectivity index (χ3v) is 11.4. The van der Waals surface area contributed by atoms with E-state index in [1.807, 2.05) is 24.3 Å². The summed E-state index contributed by atoms with van der Waals surface area (Å²) in [6.07, 6.45) is 0. The van der Waals surface area contributed by atoms with Crippen molar-refractivity contribution in [3.63, 3.8) is 0 Å². The molecule has 0 aliphatic carbocycles. The van der Waals surface area contributed by atoms with Crippen molar-refractivity contribution in [1.82, 2.24) is 14.5 Å². The summed E-state index contributed by atoms with van der Waals surface area (Å²) >= 11 is 0. The quantitative estimate of drug-likeness (QED) is 0.162. The molecule has 0 spiro atoms. The Balaban J connectivity index is 0.985. The fourth-order valence-corrected chi connectivity index (χ4v) is 8.56. The van der Waals surface area contributed by atoms with Gasteiger partial charge in [-0.3, -0.25) is 0 Å². The summed E-state index contributed by atoms with van der Waals surface area (Å²) in [6, 6.07) is 79.9. The van der Waals surface area contributed by atoms with Crippen molar-refractivity contribution >= 4 is 32.6 Å². The minimum Gasteiger partial charge on any atom is -0.309 e. The summed E-state index contributed by atoms with van der Waals surface area (Å²) in [7, 11) is 0. The Bertz CT molecular complexity index is 3240. The molecule has 0 atom stereocenters. The highest BCUT2D eigenvalue weighted by Gasteiger charge is 2.17. The van der Waals surface area contributed by atoms with Crippen molar-refractivity contribution in [2.75, 3.05) is 0 Å². The maximum atomic E-state index is 5.16. The number of para-hydroxylation sites is 1. The van der Waals surface area contributed by atoms with Gasteiger partial charge in [0.1, 0.15) is 0 Å². The van der Waals surface area contributed by atoms with Crippen LogP contribution in [0.5, 0.6) is 0 Å². The van der Waals surface area contributed by atoms with E-state index in [9.17, 15) is 0 Å². The number of aromatic nitrogens is 3. The first-order valence-corrected chi connectivity index (χ1v) is 20.1. The first-order chi connectivity index (χ1) is 29.2. The van der Waals surface area contributed by atoms with Gasteiger partial charge >= 0.3 is 0 Å². The van der Waals surface area contributed by atoms with Crippen LogP contribution < -0.4 is 0 Å². The van der Waals surface area contributed by atoms with Gasteiger partial charge in [0.15, 0.2) is 5.82 Å². The number of nitrogens with zero attached hydrogens (tertiary/aromatic N) is 3. The molecule has 0 unspecified atom stereocenters. The highest BCUT2D eigenvalue weighted by molar-refractivity contribution is 6.10. The van der Waals surface area contributed by atoms with E-state index < -0.39 is 0 Å². The lowest BCUT2D eigenvalue weighted by molar-refractivity contribution is 1.18. The second-order valence-corrected chi connectivity index (χ2v) is 15.0. The standard InChI is InChI=1S/C56H37N3/c1-4-15-38(16-5-1)43-21-14-22-45(35-43)59-54-26-13-12-25-50(54)51-32-31-44(36-55(51)59)39-27-29-40(30-28-39)46-33-34-49(48-24-11-10-23-47(46)48)53-37-52(41-17-6-2-7-18-41)57-56(58-53)42-19-8-3-9-20-42/h1-37H. The predicted octanol–water partition coefficient (Wildman–Crippen LogP) is 14.7. The molecule has 0 fully saturated rings. The van der Waals surface area contributed by atoms with E-state index in [0.29, 0.717) is 5.82 Å². The lowest BCUT2D eigenvalue weighted by atomic mass is 9.92. The Kier molecular flexibility index (Phi) is 8.49. The average molecular weight is 752 g/mol. The lowest BCUT2D eigenvalue weighted by Crippen LogP contribution is -1.96. The zero-order chi connectivity index (χ0) is 39.1. The molecule has 0 radical (unpaired) electrons. The van der Waals surface area contributed by atoms with Crippen LogP contribution in [0.3, 0.4) is 0 Å². The van der Waals surface area contributed by atoms with Gasteiger partial charge in [-0.25, -0.2) is 9.97 Å². The molecular weight excluding hydrogens is 715 g/mol. The number of benzene rings is 9. The van der Waals surface area contributed by atoms with Crippen molar-refractivity contribution in [1.29, 1.82) is 0 Å². The summed E-state index contributed by atoms with van der Waals surface area (Å²) in [5.74, 6) is 0.713. The molecular formula is C56H37N3. The predicted molar refractivity (Wildman–Crippen MR) is 246 cm³/mol. The number of hydrogen-bond donors (Lipinski definition) is 0. The summed E-state index contributed by atoms with van der Waals surface area (Å²) < 4.78 is 2.41. The van der Waals surface area contributed by atoms with Crippen molar-refractivity contribution < 1.29 is 0 Å². The van der Waals surface area contributed by atoms with E-state index in [1.165, 1.54) is 60.6 Å². The van der Waals surface area contributed by atoms with E-state index >= 15 is 0 Å². The van der Waals surface area contributed by atoms with Crippen LogP contribution in [0.15, 0.2) is 224 Å². The van der Waals surface area contributed by atoms with Crippen molar-refractivity contribution in [2.45, 2.75) is 0 Å². The highest BCUT2D eigenvalue weighted by atomic mass is 15.0. The van der Waals surface area contributed by atoms with Crippen LogP contribution in [-0.4, -0.2) is 14.5 Å². The van der Waals surface area contributed by atoms with Crippen LogP contribution in [0.2, 0.25) is 0 Å². The molecule has 0 bridgehead atoms. The minimum atomic E-state index is 0.713. The third-order valence-electron chi connectivity index (χ3n) is 11.4. The molecule has 2 heterocycles. The summed E-state index contributed by atoms with van der Waals surface area (Å²) in [5.41, 5.74) is 15.6. The first-order valence-electron chi connectivity index (χ1n) is 20.1. The van der Waals surface area contributed by atoms with Crippen LogP contribution in [0.25, 0.3) is 106 Å². The lowest BCUT2D eigenvalue weighted by Gasteiger charge is -2.14. The zero-order valence-electron chi connectivity index (χ0n) is 32.2. The smallest absolute Gasteiger partial charge is 0.160 e. The fraction of sp³-hybridized carbons (Fsp3) is 0. The molecule has 2 aromatic heterocycles. The zero-order valence-corrected chi connectivity index (χ0v) is 32.2. The van der Waals surface area contributed by atoms with Crippen LogP contribution in [0.1, 0.15) is 0 Å². The molecule has 11 aromatic rings. The van der Waals surface area contributed by atoms with Gasteiger partial charge < -0.3 is 4.57 Å². The second kappa shape index (κ2) is 14.6. The largest absolute Gasteiger partial charge is 0.309 e. The molecule has 3 heteroatoms. The third kappa shape index (κ3) is 6.26. The van der Waals surface area contributed by atoms with Crippen molar-refractivity contribution in [3.8, 4) is 73.0 Å². The summed E-state index contributed by atoms with van der Waals surface area (Å²) in [5, 5.41) is 4.83. The van der Waals surface area contributed by atoms with Gasteiger partial charge in [-0.2, -0.15) is 0 Å². The van der Waals surface area contributed by atoms with Gasteiger partial charge in [0.2, 0.25) is 0 Å². The molecule has 9 aromatic carbocycles. The van der Waals surface area contributed by atoms with Crippen LogP contribution >= 0.6 is 0 Å². The summed E-state index contributed by atoms with van der Waals surface area (Å²) in [6.45, 7) is 0. The number of rotatable bonds is 7. The monoisotopic (exact) mass is 751 g/mol. The Morgan fingerprint density at radius 3 is 1.53 bits per heavy atom. The molecule has 59 heavy (non-hydrogen) atoms. The van der Waals surface area contributed by atoms with Crippen LogP contribution in [0, 0.1) is 0 Å². The van der Waals surface area contributed by atoms with E-state index in [-0.39, 0.29) is 0 Å². The molecule has 276 valence electrons. The molecule has 3 nitrogen and oxygen atoms in total. The van der Waals surface area contributed by atoms with Gasteiger partial charge in [-0.15, -0.1) is 0 Å². The fourth-order valence-electron chi connectivity index (χ4n) is 8.56. The van der Waals surface area contributed by atoms with Gasteiger partial charge in [0, 0.05) is 33.2 Å². The second-order valence-electron chi connectivity index (χ2n) is 15.0. The number of fused-ring (bicyclic) bond motifs is 4. The molecule has 0 saturated carbocycles. The molecule has 11 rings (SSSR count). The molecule has 0 N–H and O–H groups in total. The highest BCUT2D eigenvalue weighted by Crippen LogP contribution is 2.39. The Morgan fingerprint density at radius 1 is 0.271 bits per heavy atom. The van der Waals surface area contributed by atoms with Gasteiger partial charge in [-0.1, -0.05) is 194 Å². The van der Waals surface area contributed by atoms with Crippen molar-refractivity contribution in [2.24, 2.45) is 0 Å². The molecule has 0 aliphatic heterocycles. The van der Waals surface area contributed by atoms with E-state index in [0.717, 1.165) is 39.2 Å². The Morgan fingerprint density at radius 2 is 0.780 bits per heavy atom. The summed E-state index contributed by atoms with van der Waals surface area (Å²) in [4.78, 5) is 10.2. The normalized spacial score (nSPS) is 11.4. The van der Waals surface area contributed by atoms with Gasteiger partial charge in [0.25, 0.3) is 0 Å². The maximum absolute atomic E-state index is 5.16. The van der Waals surface area contributed by atoms with Gasteiger partial charge in [0.05, 0.1) is 22.4 Å².